The lowest BCUT2D eigenvalue weighted by atomic mass is 10.0. The number of hydrogen-bond donors (Lipinski definition) is 0. The second-order valence-corrected chi connectivity index (χ2v) is 5.81. The summed E-state index contributed by atoms with van der Waals surface area (Å²) < 4.78 is 1.13. The van der Waals surface area contributed by atoms with Crippen molar-refractivity contribution in [1.29, 1.82) is 0 Å². The summed E-state index contributed by atoms with van der Waals surface area (Å²) in [5, 5.41) is 1.94. The number of halogens is 1. The Bertz CT molecular complexity index is 297. The topological polar surface area (TPSA) is 12.9 Å². The van der Waals surface area contributed by atoms with Crippen LogP contribution >= 0.6 is 27.7 Å². The summed E-state index contributed by atoms with van der Waals surface area (Å²) >= 11 is 5.47. The van der Waals surface area contributed by atoms with Crippen molar-refractivity contribution in [2.75, 3.05) is 0 Å². The average Bonchev–Trinajstić information content (AvgIpc) is 2.23. The summed E-state index contributed by atoms with van der Waals surface area (Å²) in [6, 6.07) is 4.03. The van der Waals surface area contributed by atoms with E-state index in [2.05, 4.69) is 27.0 Å². The Morgan fingerprint density at radius 1 is 1.29 bits per heavy atom. The summed E-state index contributed by atoms with van der Waals surface area (Å²) in [4.78, 5) is 4.39. The Hall–Kier alpha value is -0.0200. The molecule has 1 heterocycles. The first kappa shape index (κ1) is 10.5. The van der Waals surface area contributed by atoms with Gasteiger partial charge in [-0.3, -0.25) is 0 Å². The third-order valence-electron chi connectivity index (χ3n) is 2.56. The number of rotatable bonds is 2. The maximum atomic E-state index is 4.39. The maximum absolute atomic E-state index is 4.39. The number of hydrogen-bond acceptors (Lipinski definition) is 2. The van der Waals surface area contributed by atoms with E-state index in [1.165, 1.54) is 32.1 Å². The molecule has 2 rings (SSSR count). The Morgan fingerprint density at radius 2 is 2.07 bits per heavy atom. The molecule has 0 amide bonds. The van der Waals surface area contributed by atoms with Gasteiger partial charge in [0.2, 0.25) is 0 Å². The third-order valence-corrected chi connectivity index (χ3v) is 4.81. The van der Waals surface area contributed by atoms with Crippen molar-refractivity contribution in [3.63, 3.8) is 0 Å². The van der Waals surface area contributed by atoms with Gasteiger partial charge in [0.1, 0.15) is 5.03 Å². The van der Waals surface area contributed by atoms with E-state index in [1.54, 1.807) is 0 Å². The molecule has 14 heavy (non-hydrogen) atoms. The maximum Gasteiger partial charge on any atom is 0.110 e. The lowest BCUT2D eigenvalue weighted by Crippen LogP contribution is -2.08. The van der Waals surface area contributed by atoms with Gasteiger partial charge in [-0.1, -0.05) is 19.3 Å². The molecule has 1 fully saturated rings. The minimum atomic E-state index is 0.787. The van der Waals surface area contributed by atoms with Crippen molar-refractivity contribution in [3.8, 4) is 0 Å². The molecule has 0 spiro atoms. The Morgan fingerprint density at radius 3 is 2.79 bits per heavy atom. The van der Waals surface area contributed by atoms with E-state index < -0.39 is 0 Å². The smallest absolute Gasteiger partial charge is 0.110 e. The fraction of sp³-hybridized carbons (Fsp3) is 0.545. The first-order chi connectivity index (χ1) is 6.86. The van der Waals surface area contributed by atoms with Gasteiger partial charge in [0, 0.05) is 15.9 Å². The van der Waals surface area contributed by atoms with Gasteiger partial charge in [-0.2, -0.15) is 0 Å². The van der Waals surface area contributed by atoms with Crippen molar-refractivity contribution in [3.05, 3.63) is 22.8 Å². The molecule has 0 aliphatic heterocycles. The molecular weight excluding hydrogens is 258 g/mol. The SMILES string of the molecule is Brc1cccnc1SC1CCCCC1. The highest BCUT2D eigenvalue weighted by Gasteiger charge is 2.16. The van der Waals surface area contributed by atoms with Gasteiger partial charge >= 0.3 is 0 Å². The minimum Gasteiger partial charge on any atom is -0.249 e. The highest BCUT2D eigenvalue weighted by molar-refractivity contribution is 9.10. The zero-order valence-electron chi connectivity index (χ0n) is 8.08. The quantitative estimate of drug-likeness (QED) is 0.797. The fourth-order valence-corrected chi connectivity index (χ4v) is 3.52. The van der Waals surface area contributed by atoms with Gasteiger partial charge < -0.3 is 0 Å². The number of pyridine rings is 1. The van der Waals surface area contributed by atoms with Crippen molar-refractivity contribution in [2.45, 2.75) is 42.4 Å². The fourth-order valence-electron chi connectivity index (χ4n) is 1.80. The summed E-state index contributed by atoms with van der Waals surface area (Å²) in [6.07, 6.45) is 8.78. The van der Waals surface area contributed by atoms with E-state index in [0.29, 0.717) is 0 Å². The van der Waals surface area contributed by atoms with Crippen LogP contribution in [0, 0.1) is 0 Å². The standard InChI is InChI=1S/C11H14BrNS/c12-10-7-4-8-13-11(10)14-9-5-2-1-3-6-9/h4,7-9H,1-3,5-6H2. The van der Waals surface area contributed by atoms with E-state index in [1.807, 2.05) is 24.0 Å². The minimum absolute atomic E-state index is 0.787. The molecule has 1 nitrogen and oxygen atoms in total. The van der Waals surface area contributed by atoms with E-state index >= 15 is 0 Å². The van der Waals surface area contributed by atoms with Crippen molar-refractivity contribution >= 4 is 27.7 Å². The lowest BCUT2D eigenvalue weighted by Gasteiger charge is -2.20. The van der Waals surface area contributed by atoms with Gasteiger partial charge in [-0.15, -0.1) is 11.8 Å². The van der Waals surface area contributed by atoms with Gasteiger partial charge in [0.15, 0.2) is 0 Å². The van der Waals surface area contributed by atoms with Crippen LogP contribution in [-0.2, 0) is 0 Å². The van der Waals surface area contributed by atoms with Crippen molar-refractivity contribution in [1.82, 2.24) is 4.98 Å². The van der Waals surface area contributed by atoms with Gasteiger partial charge in [0.25, 0.3) is 0 Å². The number of nitrogens with zero attached hydrogens (tertiary/aromatic N) is 1. The van der Waals surface area contributed by atoms with Crippen molar-refractivity contribution in [2.24, 2.45) is 0 Å². The van der Waals surface area contributed by atoms with Crippen LogP contribution in [0.2, 0.25) is 0 Å². The second kappa shape index (κ2) is 5.17. The van der Waals surface area contributed by atoms with Crippen LogP contribution in [0.5, 0.6) is 0 Å². The monoisotopic (exact) mass is 271 g/mol. The van der Waals surface area contributed by atoms with Crippen LogP contribution in [0.25, 0.3) is 0 Å². The van der Waals surface area contributed by atoms with Gasteiger partial charge in [0.05, 0.1) is 0 Å². The van der Waals surface area contributed by atoms with Crippen LogP contribution in [0.15, 0.2) is 27.8 Å². The van der Waals surface area contributed by atoms with E-state index in [9.17, 15) is 0 Å². The van der Waals surface area contributed by atoms with Crippen LogP contribution in [-0.4, -0.2) is 10.2 Å². The molecule has 1 aromatic heterocycles. The zero-order chi connectivity index (χ0) is 9.80. The predicted octanol–water partition coefficient (Wildman–Crippen LogP) is 4.27. The molecule has 76 valence electrons. The molecule has 1 aromatic rings. The first-order valence-corrected chi connectivity index (χ1v) is 6.81. The molecule has 0 radical (unpaired) electrons. The van der Waals surface area contributed by atoms with Gasteiger partial charge in [-0.05, 0) is 40.9 Å². The average molecular weight is 272 g/mol. The van der Waals surface area contributed by atoms with E-state index in [4.69, 9.17) is 0 Å². The second-order valence-electron chi connectivity index (χ2n) is 3.67. The Labute approximate surface area is 97.8 Å². The van der Waals surface area contributed by atoms with Gasteiger partial charge in [-0.25, -0.2) is 4.98 Å². The number of aromatic nitrogens is 1. The zero-order valence-corrected chi connectivity index (χ0v) is 10.5. The predicted molar refractivity (Wildman–Crippen MR) is 64.7 cm³/mol. The largest absolute Gasteiger partial charge is 0.249 e. The first-order valence-electron chi connectivity index (χ1n) is 5.13. The molecule has 0 aromatic carbocycles. The molecule has 1 aliphatic carbocycles. The molecule has 0 atom stereocenters. The summed E-state index contributed by atoms with van der Waals surface area (Å²) in [5.74, 6) is 0. The summed E-state index contributed by atoms with van der Waals surface area (Å²) in [5.41, 5.74) is 0. The van der Waals surface area contributed by atoms with E-state index in [-0.39, 0.29) is 0 Å². The lowest BCUT2D eigenvalue weighted by molar-refractivity contribution is 0.515. The Balaban J connectivity index is 1.99. The van der Waals surface area contributed by atoms with Crippen molar-refractivity contribution < 1.29 is 0 Å². The molecule has 0 unspecified atom stereocenters. The Kier molecular flexibility index (Phi) is 3.88. The highest BCUT2D eigenvalue weighted by Crippen LogP contribution is 2.35. The number of thioether (sulfide) groups is 1. The normalized spacial score (nSPS) is 18.4. The molecule has 0 bridgehead atoms. The van der Waals surface area contributed by atoms with Crippen LogP contribution in [0.4, 0.5) is 0 Å². The van der Waals surface area contributed by atoms with Crippen LogP contribution < -0.4 is 0 Å². The summed E-state index contributed by atoms with van der Waals surface area (Å²) in [6.45, 7) is 0. The van der Waals surface area contributed by atoms with E-state index in [0.717, 1.165) is 14.7 Å². The molecular formula is C11H14BrNS. The molecule has 1 aliphatic rings. The van der Waals surface area contributed by atoms with Crippen LogP contribution in [0.3, 0.4) is 0 Å². The molecule has 3 heteroatoms. The molecule has 0 saturated heterocycles. The summed E-state index contributed by atoms with van der Waals surface area (Å²) in [7, 11) is 0. The molecule has 1 saturated carbocycles. The highest BCUT2D eigenvalue weighted by atomic mass is 79.9. The molecule has 0 N–H and O–H groups in total. The third kappa shape index (κ3) is 2.74. The van der Waals surface area contributed by atoms with Crippen LogP contribution in [0.1, 0.15) is 32.1 Å².